The van der Waals surface area contributed by atoms with Gasteiger partial charge in [-0.2, -0.15) is 0 Å². The first-order chi connectivity index (χ1) is 9.10. The first-order valence-corrected chi connectivity index (χ1v) is 7.33. The lowest BCUT2D eigenvalue weighted by Crippen LogP contribution is -2.35. The van der Waals surface area contributed by atoms with Crippen molar-refractivity contribution < 1.29 is 14.6 Å². The summed E-state index contributed by atoms with van der Waals surface area (Å²) in [5.74, 6) is -0.332. The average Bonchev–Trinajstić information content (AvgIpc) is 2.28. The first-order valence-electron chi connectivity index (χ1n) is 6.53. The van der Waals surface area contributed by atoms with Crippen LogP contribution in [0.15, 0.2) is 16.6 Å². The zero-order valence-corrected chi connectivity index (χ0v) is 14.2. The smallest absolute Gasteiger partial charge is 0.344 e. The summed E-state index contributed by atoms with van der Waals surface area (Å²) in [5.41, 5.74) is 1.84. The molecule has 5 heteroatoms. The molecule has 0 bridgehead atoms. The van der Waals surface area contributed by atoms with Crippen molar-refractivity contribution in [2.75, 3.05) is 0 Å². The topological polar surface area (TPSA) is 58.6 Å². The number of benzene rings is 1. The molecule has 0 aromatic heterocycles. The van der Waals surface area contributed by atoms with Gasteiger partial charge in [0.05, 0.1) is 0 Å². The number of hydrogen-bond donors (Lipinski definition) is 2. The maximum atomic E-state index is 11.0. The first kappa shape index (κ1) is 17.0. The summed E-state index contributed by atoms with van der Waals surface area (Å²) in [6.45, 7) is 10.3. The Morgan fingerprint density at radius 3 is 2.55 bits per heavy atom. The third-order valence-electron chi connectivity index (χ3n) is 2.77. The van der Waals surface area contributed by atoms with Gasteiger partial charge in [-0.15, -0.1) is 0 Å². The summed E-state index contributed by atoms with van der Waals surface area (Å²) in [5, 5.41) is 12.4. The summed E-state index contributed by atoms with van der Waals surface area (Å²) >= 11 is 3.46. The summed E-state index contributed by atoms with van der Waals surface area (Å²) in [7, 11) is 0. The van der Waals surface area contributed by atoms with Crippen molar-refractivity contribution in [3.63, 3.8) is 0 Å². The number of aryl methyl sites for hydroxylation is 1. The number of rotatable bonds is 5. The van der Waals surface area contributed by atoms with Gasteiger partial charge in [0.25, 0.3) is 0 Å². The molecule has 1 aromatic carbocycles. The Hall–Kier alpha value is -1.07. The SMILES string of the molecule is Cc1cc(Br)cc(CNC(C)(C)C)c1OC(C)C(=O)O. The second-order valence-corrected chi connectivity index (χ2v) is 6.83. The molecule has 0 spiro atoms. The van der Waals surface area contributed by atoms with Gasteiger partial charge in [0.2, 0.25) is 0 Å². The molecule has 20 heavy (non-hydrogen) atoms. The summed E-state index contributed by atoms with van der Waals surface area (Å²) in [4.78, 5) is 11.0. The van der Waals surface area contributed by atoms with Crippen LogP contribution in [0.2, 0.25) is 0 Å². The van der Waals surface area contributed by atoms with E-state index in [2.05, 4.69) is 42.0 Å². The number of carboxylic acid groups (broad SMARTS) is 1. The molecule has 112 valence electrons. The van der Waals surface area contributed by atoms with Gasteiger partial charge in [-0.3, -0.25) is 0 Å². The van der Waals surface area contributed by atoms with Crippen molar-refractivity contribution in [2.24, 2.45) is 0 Å². The Labute approximate surface area is 128 Å². The van der Waals surface area contributed by atoms with Crippen molar-refractivity contribution in [1.82, 2.24) is 5.32 Å². The summed E-state index contributed by atoms with van der Waals surface area (Å²) < 4.78 is 6.55. The van der Waals surface area contributed by atoms with Crippen LogP contribution in [0.3, 0.4) is 0 Å². The number of ether oxygens (including phenoxy) is 1. The van der Waals surface area contributed by atoms with E-state index in [1.807, 2.05) is 19.1 Å². The highest BCUT2D eigenvalue weighted by Gasteiger charge is 2.18. The van der Waals surface area contributed by atoms with Crippen molar-refractivity contribution >= 4 is 21.9 Å². The minimum Gasteiger partial charge on any atom is -0.479 e. The normalized spacial score (nSPS) is 13.1. The van der Waals surface area contributed by atoms with Gasteiger partial charge in [-0.1, -0.05) is 15.9 Å². The fourth-order valence-electron chi connectivity index (χ4n) is 1.69. The number of carboxylic acids is 1. The average molecular weight is 344 g/mol. The molecule has 0 radical (unpaired) electrons. The number of carbonyl (C=O) groups is 1. The molecule has 0 aliphatic rings. The second kappa shape index (κ2) is 6.59. The molecule has 0 saturated heterocycles. The number of aliphatic carboxylic acids is 1. The number of halogens is 1. The van der Waals surface area contributed by atoms with Crippen LogP contribution in [0, 0.1) is 6.92 Å². The number of hydrogen-bond acceptors (Lipinski definition) is 3. The molecule has 0 aliphatic carbocycles. The van der Waals surface area contributed by atoms with Gasteiger partial charge in [-0.25, -0.2) is 4.79 Å². The lowest BCUT2D eigenvalue weighted by molar-refractivity contribution is -0.144. The van der Waals surface area contributed by atoms with E-state index in [0.29, 0.717) is 12.3 Å². The molecular weight excluding hydrogens is 322 g/mol. The van der Waals surface area contributed by atoms with Crippen LogP contribution in [0.4, 0.5) is 0 Å². The van der Waals surface area contributed by atoms with E-state index in [9.17, 15) is 4.79 Å². The molecule has 0 heterocycles. The lowest BCUT2D eigenvalue weighted by Gasteiger charge is -2.23. The molecule has 1 rings (SSSR count). The fourth-order valence-corrected chi connectivity index (χ4v) is 2.31. The van der Waals surface area contributed by atoms with Gasteiger partial charge >= 0.3 is 5.97 Å². The molecule has 0 aliphatic heterocycles. The second-order valence-electron chi connectivity index (χ2n) is 5.91. The van der Waals surface area contributed by atoms with E-state index in [0.717, 1.165) is 15.6 Å². The van der Waals surface area contributed by atoms with Crippen LogP contribution in [-0.2, 0) is 11.3 Å². The van der Waals surface area contributed by atoms with Crippen molar-refractivity contribution in [1.29, 1.82) is 0 Å². The van der Waals surface area contributed by atoms with Gasteiger partial charge in [0.1, 0.15) is 5.75 Å². The Balaban J connectivity index is 3.04. The van der Waals surface area contributed by atoms with Crippen LogP contribution in [0.1, 0.15) is 38.8 Å². The molecule has 2 N–H and O–H groups in total. The fraction of sp³-hybridized carbons (Fsp3) is 0.533. The quantitative estimate of drug-likeness (QED) is 0.858. The Bertz CT molecular complexity index is 495. The standard InChI is InChI=1S/C15H22BrNO3/c1-9-6-12(16)7-11(8-17-15(3,4)5)13(9)20-10(2)14(18)19/h6-7,10,17H,8H2,1-5H3,(H,18,19). The Morgan fingerprint density at radius 2 is 2.05 bits per heavy atom. The van der Waals surface area contributed by atoms with Crippen LogP contribution in [0.5, 0.6) is 5.75 Å². The molecule has 4 nitrogen and oxygen atoms in total. The van der Waals surface area contributed by atoms with E-state index in [4.69, 9.17) is 9.84 Å². The molecule has 1 unspecified atom stereocenters. The lowest BCUT2D eigenvalue weighted by atomic mass is 10.1. The Morgan fingerprint density at radius 1 is 1.45 bits per heavy atom. The van der Waals surface area contributed by atoms with Crippen LogP contribution in [-0.4, -0.2) is 22.7 Å². The number of nitrogens with one attached hydrogen (secondary N) is 1. The molecule has 0 amide bonds. The zero-order valence-electron chi connectivity index (χ0n) is 12.6. The maximum Gasteiger partial charge on any atom is 0.344 e. The minimum atomic E-state index is -0.970. The van der Waals surface area contributed by atoms with Gasteiger partial charge < -0.3 is 15.2 Å². The van der Waals surface area contributed by atoms with Crippen LogP contribution < -0.4 is 10.1 Å². The van der Waals surface area contributed by atoms with Gasteiger partial charge in [0, 0.05) is 22.1 Å². The van der Waals surface area contributed by atoms with Crippen LogP contribution >= 0.6 is 15.9 Å². The monoisotopic (exact) mass is 343 g/mol. The molecular formula is C15H22BrNO3. The van der Waals surface area contributed by atoms with Gasteiger partial charge in [0.15, 0.2) is 6.10 Å². The highest BCUT2D eigenvalue weighted by molar-refractivity contribution is 9.10. The van der Waals surface area contributed by atoms with E-state index < -0.39 is 12.1 Å². The third-order valence-corrected chi connectivity index (χ3v) is 3.23. The maximum absolute atomic E-state index is 11.0. The van der Waals surface area contributed by atoms with E-state index in [-0.39, 0.29) is 5.54 Å². The molecule has 1 atom stereocenters. The summed E-state index contributed by atoms with van der Waals surface area (Å²) in [6, 6.07) is 3.88. The minimum absolute atomic E-state index is 0.0219. The predicted octanol–water partition coefficient (Wildman–Crippen LogP) is 3.50. The van der Waals surface area contributed by atoms with E-state index in [1.165, 1.54) is 6.92 Å². The molecule has 1 aromatic rings. The van der Waals surface area contributed by atoms with E-state index in [1.54, 1.807) is 0 Å². The van der Waals surface area contributed by atoms with Gasteiger partial charge in [-0.05, 0) is 52.3 Å². The highest BCUT2D eigenvalue weighted by atomic mass is 79.9. The van der Waals surface area contributed by atoms with Crippen molar-refractivity contribution in [2.45, 2.75) is 52.8 Å². The largest absolute Gasteiger partial charge is 0.479 e. The predicted molar refractivity (Wildman–Crippen MR) is 83.2 cm³/mol. The molecule has 0 saturated carbocycles. The zero-order chi connectivity index (χ0) is 15.5. The van der Waals surface area contributed by atoms with E-state index >= 15 is 0 Å². The third kappa shape index (κ3) is 5.13. The van der Waals surface area contributed by atoms with Crippen molar-refractivity contribution in [3.8, 4) is 5.75 Å². The van der Waals surface area contributed by atoms with Crippen molar-refractivity contribution in [3.05, 3.63) is 27.7 Å². The van der Waals surface area contributed by atoms with Crippen LogP contribution in [0.25, 0.3) is 0 Å². The summed E-state index contributed by atoms with van der Waals surface area (Å²) in [6.07, 6.45) is -0.872. The highest BCUT2D eigenvalue weighted by Crippen LogP contribution is 2.29. The molecule has 0 fully saturated rings. The Kier molecular flexibility index (Phi) is 5.59.